The molecule has 0 aliphatic rings. The zero-order chi connectivity index (χ0) is 17.4. The van der Waals surface area contributed by atoms with Crippen LogP contribution in [0.2, 0.25) is 0 Å². The maximum absolute atomic E-state index is 11.7. The van der Waals surface area contributed by atoms with Crippen molar-refractivity contribution in [2.75, 3.05) is 13.2 Å². The molecule has 0 saturated carbocycles. The summed E-state index contributed by atoms with van der Waals surface area (Å²) in [5.74, 6) is -1.77. The van der Waals surface area contributed by atoms with Crippen LogP contribution in [0.1, 0.15) is 24.2 Å². The van der Waals surface area contributed by atoms with Crippen LogP contribution in [-0.2, 0) is 14.3 Å². The Morgan fingerprint density at radius 1 is 1.17 bits per heavy atom. The van der Waals surface area contributed by atoms with Gasteiger partial charge >= 0.3 is 5.97 Å². The Hall–Kier alpha value is -2.97. The van der Waals surface area contributed by atoms with Crippen molar-refractivity contribution in [1.29, 1.82) is 0 Å². The van der Waals surface area contributed by atoms with Crippen LogP contribution in [0.5, 0.6) is 0 Å². The first-order chi connectivity index (χ1) is 10.8. The van der Waals surface area contributed by atoms with Crippen LogP contribution in [0.3, 0.4) is 0 Å². The molecule has 2 amide bonds. The molecule has 0 aliphatic carbocycles. The number of hydrogen-bond donors (Lipinski definition) is 2. The standard InChI is InChI=1S/C14H17N3O6/c1-9(2)16-12(18)7-15-13(19)8-23-14(20)10-3-5-11(6-4-10)17(21)22/h3-6,9H,7-8H2,1-2H3,(H,15,19)(H,16,18). The third-order valence-electron chi connectivity index (χ3n) is 2.54. The topological polar surface area (TPSA) is 128 Å². The number of ether oxygens (including phenoxy) is 1. The van der Waals surface area contributed by atoms with E-state index in [1.54, 1.807) is 13.8 Å². The molecular weight excluding hydrogens is 306 g/mol. The van der Waals surface area contributed by atoms with Gasteiger partial charge < -0.3 is 15.4 Å². The Kier molecular flexibility index (Phi) is 6.66. The van der Waals surface area contributed by atoms with E-state index in [0.29, 0.717) is 0 Å². The summed E-state index contributed by atoms with van der Waals surface area (Å²) in [6.45, 7) is 2.80. The van der Waals surface area contributed by atoms with E-state index in [-0.39, 0.29) is 29.7 Å². The number of rotatable bonds is 7. The second kappa shape index (κ2) is 8.47. The van der Waals surface area contributed by atoms with E-state index in [2.05, 4.69) is 10.6 Å². The van der Waals surface area contributed by atoms with Gasteiger partial charge in [0.15, 0.2) is 6.61 Å². The number of non-ortho nitro benzene ring substituents is 1. The van der Waals surface area contributed by atoms with Gasteiger partial charge in [0.2, 0.25) is 5.91 Å². The fraction of sp³-hybridized carbons (Fsp3) is 0.357. The van der Waals surface area contributed by atoms with E-state index in [9.17, 15) is 24.5 Å². The lowest BCUT2D eigenvalue weighted by molar-refractivity contribution is -0.384. The molecule has 0 spiro atoms. The van der Waals surface area contributed by atoms with Gasteiger partial charge in [-0.15, -0.1) is 0 Å². The number of carbonyl (C=O) groups excluding carboxylic acids is 3. The summed E-state index contributed by atoms with van der Waals surface area (Å²) in [7, 11) is 0. The minimum Gasteiger partial charge on any atom is -0.452 e. The summed E-state index contributed by atoms with van der Waals surface area (Å²) in [5.41, 5.74) is -0.0728. The lowest BCUT2D eigenvalue weighted by atomic mass is 10.2. The number of nitro groups is 1. The Balaban J connectivity index is 2.39. The van der Waals surface area contributed by atoms with Crippen LogP contribution < -0.4 is 10.6 Å². The third-order valence-corrected chi connectivity index (χ3v) is 2.54. The van der Waals surface area contributed by atoms with Crippen molar-refractivity contribution < 1.29 is 24.0 Å². The van der Waals surface area contributed by atoms with Gasteiger partial charge in [0, 0.05) is 18.2 Å². The zero-order valence-corrected chi connectivity index (χ0v) is 12.7. The minimum atomic E-state index is -0.790. The number of carbonyl (C=O) groups is 3. The Bertz CT molecular complexity index is 597. The maximum atomic E-state index is 11.7. The summed E-state index contributed by atoms with van der Waals surface area (Å²) in [5, 5.41) is 15.4. The molecule has 0 heterocycles. The number of hydrogen-bond acceptors (Lipinski definition) is 6. The van der Waals surface area contributed by atoms with Gasteiger partial charge in [-0.25, -0.2) is 4.79 Å². The van der Waals surface area contributed by atoms with Crippen LogP contribution in [0.15, 0.2) is 24.3 Å². The second-order valence-corrected chi connectivity index (χ2v) is 4.88. The maximum Gasteiger partial charge on any atom is 0.338 e. The molecule has 0 fully saturated rings. The predicted octanol–water partition coefficient (Wildman–Crippen LogP) is 0.392. The largest absolute Gasteiger partial charge is 0.452 e. The molecule has 1 aromatic rings. The van der Waals surface area contributed by atoms with Gasteiger partial charge in [0.05, 0.1) is 17.0 Å². The molecule has 0 aliphatic heterocycles. The van der Waals surface area contributed by atoms with E-state index in [1.807, 2.05) is 0 Å². The van der Waals surface area contributed by atoms with Crippen molar-refractivity contribution in [2.45, 2.75) is 19.9 Å². The van der Waals surface area contributed by atoms with E-state index in [0.717, 1.165) is 12.1 Å². The third kappa shape index (κ3) is 6.55. The fourth-order valence-corrected chi connectivity index (χ4v) is 1.54. The monoisotopic (exact) mass is 323 g/mol. The summed E-state index contributed by atoms with van der Waals surface area (Å²) >= 11 is 0. The van der Waals surface area contributed by atoms with Crippen molar-refractivity contribution >= 4 is 23.5 Å². The zero-order valence-electron chi connectivity index (χ0n) is 12.7. The quantitative estimate of drug-likeness (QED) is 0.424. The highest BCUT2D eigenvalue weighted by Gasteiger charge is 2.13. The van der Waals surface area contributed by atoms with E-state index >= 15 is 0 Å². The summed E-state index contributed by atoms with van der Waals surface area (Å²) < 4.78 is 4.75. The summed E-state index contributed by atoms with van der Waals surface area (Å²) in [6, 6.07) is 4.74. The highest BCUT2D eigenvalue weighted by Crippen LogP contribution is 2.12. The highest BCUT2D eigenvalue weighted by atomic mass is 16.6. The molecule has 0 bridgehead atoms. The van der Waals surface area contributed by atoms with Gasteiger partial charge in [-0.2, -0.15) is 0 Å². The van der Waals surface area contributed by atoms with Gasteiger partial charge in [-0.1, -0.05) is 0 Å². The molecule has 0 radical (unpaired) electrons. The fourth-order valence-electron chi connectivity index (χ4n) is 1.54. The molecule has 9 heteroatoms. The van der Waals surface area contributed by atoms with E-state index in [1.165, 1.54) is 12.1 Å². The second-order valence-electron chi connectivity index (χ2n) is 4.88. The first kappa shape index (κ1) is 18.1. The average molecular weight is 323 g/mol. The van der Waals surface area contributed by atoms with Crippen LogP contribution in [0.4, 0.5) is 5.69 Å². The molecule has 2 N–H and O–H groups in total. The van der Waals surface area contributed by atoms with Gasteiger partial charge in [0.1, 0.15) is 0 Å². The van der Waals surface area contributed by atoms with Gasteiger partial charge in [-0.3, -0.25) is 19.7 Å². The summed E-state index contributed by atoms with van der Waals surface area (Å²) in [4.78, 5) is 44.3. The van der Waals surface area contributed by atoms with Crippen molar-refractivity contribution in [3.05, 3.63) is 39.9 Å². The normalized spacial score (nSPS) is 10.0. The van der Waals surface area contributed by atoms with Crippen molar-refractivity contribution in [1.82, 2.24) is 10.6 Å². The highest BCUT2D eigenvalue weighted by molar-refractivity contribution is 5.92. The van der Waals surface area contributed by atoms with E-state index < -0.39 is 23.4 Å². The van der Waals surface area contributed by atoms with Crippen LogP contribution in [0.25, 0.3) is 0 Å². The average Bonchev–Trinajstić information content (AvgIpc) is 2.50. The van der Waals surface area contributed by atoms with Crippen molar-refractivity contribution in [3.63, 3.8) is 0 Å². The molecule has 0 saturated heterocycles. The molecule has 124 valence electrons. The number of nitrogens with zero attached hydrogens (tertiary/aromatic N) is 1. The molecule has 1 aromatic carbocycles. The van der Waals surface area contributed by atoms with Gasteiger partial charge in [-0.05, 0) is 26.0 Å². The van der Waals surface area contributed by atoms with Crippen LogP contribution >= 0.6 is 0 Å². The SMILES string of the molecule is CC(C)NC(=O)CNC(=O)COC(=O)c1ccc([N+](=O)[O-])cc1. The van der Waals surface area contributed by atoms with Gasteiger partial charge in [0.25, 0.3) is 11.6 Å². The van der Waals surface area contributed by atoms with Crippen LogP contribution in [-0.4, -0.2) is 41.9 Å². The number of esters is 1. The smallest absolute Gasteiger partial charge is 0.338 e. The molecule has 0 aromatic heterocycles. The lowest BCUT2D eigenvalue weighted by Gasteiger charge is -2.09. The van der Waals surface area contributed by atoms with Crippen molar-refractivity contribution in [2.24, 2.45) is 0 Å². The Morgan fingerprint density at radius 3 is 2.30 bits per heavy atom. The summed E-state index contributed by atoms with van der Waals surface area (Å²) in [6.07, 6.45) is 0. The molecule has 0 unspecified atom stereocenters. The lowest BCUT2D eigenvalue weighted by Crippen LogP contribution is -2.41. The predicted molar refractivity (Wildman–Crippen MR) is 79.7 cm³/mol. The molecular formula is C14H17N3O6. The molecule has 9 nitrogen and oxygen atoms in total. The molecule has 1 rings (SSSR count). The number of benzene rings is 1. The Morgan fingerprint density at radius 2 is 1.78 bits per heavy atom. The molecule has 0 atom stereocenters. The first-order valence-electron chi connectivity index (χ1n) is 6.77. The van der Waals surface area contributed by atoms with Crippen molar-refractivity contribution in [3.8, 4) is 0 Å². The Labute approximate surface area is 132 Å². The first-order valence-corrected chi connectivity index (χ1v) is 6.77. The molecule has 23 heavy (non-hydrogen) atoms. The number of nitrogens with one attached hydrogen (secondary N) is 2. The number of amides is 2. The minimum absolute atomic E-state index is 0.0423. The van der Waals surface area contributed by atoms with E-state index in [4.69, 9.17) is 4.74 Å². The number of nitro benzene ring substituents is 1. The van der Waals surface area contributed by atoms with Crippen LogP contribution in [0, 0.1) is 10.1 Å².